The molecule has 1 heterocycles. The van der Waals surface area contributed by atoms with Gasteiger partial charge in [0.05, 0.1) is 13.2 Å². The first-order chi connectivity index (χ1) is 8.69. The highest BCUT2D eigenvalue weighted by molar-refractivity contribution is 5.81. The zero-order chi connectivity index (χ0) is 13.0. The summed E-state index contributed by atoms with van der Waals surface area (Å²) in [6, 6.07) is 5.46. The summed E-state index contributed by atoms with van der Waals surface area (Å²) in [7, 11) is 1.42. The van der Waals surface area contributed by atoms with Gasteiger partial charge in [-0.05, 0) is 23.8 Å². The molecule has 0 spiro atoms. The predicted molar refractivity (Wildman–Crippen MR) is 64.3 cm³/mol. The van der Waals surface area contributed by atoms with E-state index in [4.69, 9.17) is 19.3 Å². The molecule has 0 saturated heterocycles. The topological polar surface area (TPSA) is 65.0 Å². The van der Waals surface area contributed by atoms with Crippen LogP contribution in [-0.4, -0.2) is 25.0 Å². The molecule has 2 rings (SSSR count). The second-order valence-corrected chi connectivity index (χ2v) is 3.54. The summed E-state index contributed by atoms with van der Waals surface area (Å²) in [4.78, 5) is 10.5. The number of aliphatic carboxylic acids is 1. The summed E-state index contributed by atoms with van der Waals surface area (Å²) in [5.41, 5.74) is 0.868. The van der Waals surface area contributed by atoms with Crippen LogP contribution in [0.5, 0.6) is 11.5 Å². The number of allylic oxidation sites excluding steroid dienone is 1. The van der Waals surface area contributed by atoms with Gasteiger partial charge in [-0.2, -0.15) is 0 Å². The zero-order valence-corrected chi connectivity index (χ0v) is 9.75. The number of rotatable bonds is 4. The minimum atomic E-state index is -1.05. The first-order valence-corrected chi connectivity index (χ1v) is 5.25. The van der Waals surface area contributed by atoms with Crippen molar-refractivity contribution < 1.29 is 24.1 Å². The average molecular weight is 248 g/mol. The zero-order valence-electron chi connectivity index (χ0n) is 9.75. The Hall–Kier alpha value is -2.43. The lowest BCUT2D eigenvalue weighted by Crippen LogP contribution is -1.92. The molecule has 0 fully saturated rings. The highest BCUT2D eigenvalue weighted by Gasteiger charge is 2.12. The molecule has 0 atom stereocenters. The summed E-state index contributed by atoms with van der Waals surface area (Å²) < 4.78 is 15.3. The predicted octanol–water partition coefficient (Wildman–Crippen LogP) is 2.04. The number of hydrogen-bond donors (Lipinski definition) is 1. The molecule has 0 radical (unpaired) electrons. The Morgan fingerprint density at radius 3 is 2.89 bits per heavy atom. The van der Waals surface area contributed by atoms with Gasteiger partial charge in [0.2, 0.25) is 6.79 Å². The van der Waals surface area contributed by atoms with Gasteiger partial charge in [0.15, 0.2) is 11.5 Å². The van der Waals surface area contributed by atoms with Crippen LogP contribution in [0.4, 0.5) is 0 Å². The van der Waals surface area contributed by atoms with Crippen molar-refractivity contribution in [1.29, 1.82) is 0 Å². The van der Waals surface area contributed by atoms with Crippen LogP contribution >= 0.6 is 0 Å². The lowest BCUT2D eigenvalue weighted by atomic mass is 10.2. The van der Waals surface area contributed by atoms with Gasteiger partial charge < -0.3 is 19.3 Å². The second-order valence-electron chi connectivity index (χ2n) is 3.54. The van der Waals surface area contributed by atoms with E-state index in [1.807, 2.05) is 12.1 Å². The van der Waals surface area contributed by atoms with E-state index >= 15 is 0 Å². The molecule has 94 valence electrons. The molecule has 1 aliphatic heterocycles. The van der Waals surface area contributed by atoms with Crippen LogP contribution in [0.1, 0.15) is 5.56 Å². The van der Waals surface area contributed by atoms with Crippen molar-refractivity contribution in [2.45, 2.75) is 0 Å². The van der Waals surface area contributed by atoms with E-state index in [0.717, 1.165) is 11.6 Å². The standard InChI is InChI=1S/C13H12O5/c1-16-10(7-13(14)15)4-2-9-3-5-11-12(6-9)18-8-17-11/h2-7H,8H2,1H3,(H,14,15)/b4-2+,10-7+. The number of carboxylic acids is 1. The van der Waals surface area contributed by atoms with Crippen molar-refractivity contribution >= 4 is 12.0 Å². The Morgan fingerprint density at radius 1 is 1.39 bits per heavy atom. The van der Waals surface area contributed by atoms with E-state index in [2.05, 4.69) is 0 Å². The van der Waals surface area contributed by atoms with E-state index in [9.17, 15) is 4.79 Å². The minimum Gasteiger partial charge on any atom is -0.496 e. The van der Waals surface area contributed by atoms with Crippen LogP contribution < -0.4 is 9.47 Å². The van der Waals surface area contributed by atoms with Crippen molar-refractivity contribution in [3.63, 3.8) is 0 Å². The molecule has 0 bridgehead atoms. The number of ether oxygens (including phenoxy) is 3. The lowest BCUT2D eigenvalue weighted by Gasteiger charge is -2.00. The van der Waals surface area contributed by atoms with E-state index in [1.54, 1.807) is 18.2 Å². The molecule has 0 aliphatic carbocycles. The highest BCUT2D eigenvalue weighted by atomic mass is 16.7. The Bertz CT molecular complexity index is 516. The Kier molecular flexibility index (Phi) is 3.52. The fourth-order valence-electron chi connectivity index (χ4n) is 1.49. The van der Waals surface area contributed by atoms with Gasteiger partial charge in [-0.25, -0.2) is 4.79 Å². The van der Waals surface area contributed by atoms with Gasteiger partial charge in [-0.1, -0.05) is 12.1 Å². The van der Waals surface area contributed by atoms with E-state index < -0.39 is 5.97 Å². The third-order valence-corrected chi connectivity index (χ3v) is 2.34. The molecule has 0 unspecified atom stereocenters. The molecule has 1 aromatic rings. The first-order valence-electron chi connectivity index (χ1n) is 5.25. The molecule has 5 heteroatoms. The van der Waals surface area contributed by atoms with Crippen molar-refractivity contribution in [1.82, 2.24) is 0 Å². The third kappa shape index (κ3) is 2.82. The van der Waals surface area contributed by atoms with Gasteiger partial charge in [0, 0.05) is 0 Å². The van der Waals surface area contributed by atoms with Crippen LogP contribution in [0.15, 0.2) is 36.1 Å². The fraction of sp³-hybridized carbons (Fsp3) is 0.154. The fourth-order valence-corrected chi connectivity index (χ4v) is 1.49. The van der Waals surface area contributed by atoms with E-state index in [-0.39, 0.29) is 12.6 Å². The lowest BCUT2D eigenvalue weighted by molar-refractivity contribution is -0.131. The van der Waals surface area contributed by atoms with Crippen molar-refractivity contribution in [2.75, 3.05) is 13.9 Å². The average Bonchev–Trinajstić information content (AvgIpc) is 2.81. The molecule has 18 heavy (non-hydrogen) atoms. The normalized spacial score (nSPS) is 13.9. The molecule has 5 nitrogen and oxygen atoms in total. The van der Waals surface area contributed by atoms with Gasteiger partial charge in [0.1, 0.15) is 5.76 Å². The van der Waals surface area contributed by atoms with E-state index in [1.165, 1.54) is 7.11 Å². The van der Waals surface area contributed by atoms with Gasteiger partial charge in [-0.3, -0.25) is 0 Å². The number of methoxy groups -OCH3 is 1. The van der Waals surface area contributed by atoms with Crippen LogP contribution in [0.25, 0.3) is 6.08 Å². The molecule has 0 amide bonds. The largest absolute Gasteiger partial charge is 0.496 e. The van der Waals surface area contributed by atoms with Crippen LogP contribution in [0, 0.1) is 0 Å². The quantitative estimate of drug-likeness (QED) is 0.502. The van der Waals surface area contributed by atoms with Crippen molar-refractivity contribution in [2.24, 2.45) is 0 Å². The Morgan fingerprint density at radius 2 is 2.17 bits per heavy atom. The maximum absolute atomic E-state index is 10.5. The van der Waals surface area contributed by atoms with Crippen molar-refractivity contribution in [3.05, 3.63) is 41.7 Å². The number of benzene rings is 1. The third-order valence-electron chi connectivity index (χ3n) is 2.34. The number of carbonyl (C=O) groups is 1. The molecular formula is C13H12O5. The molecular weight excluding hydrogens is 236 g/mol. The van der Waals surface area contributed by atoms with Gasteiger partial charge >= 0.3 is 5.97 Å². The summed E-state index contributed by atoms with van der Waals surface area (Å²) in [6.07, 6.45) is 4.30. The monoisotopic (exact) mass is 248 g/mol. The Balaban J connectivity index is 2.16. The molecule has 1 N–H and O–H groups in total. The summed E-state index contributed by atoms with van der Waals surface area (Å²) in [5, 5.41) is 8.61. The Labute approximate surface area is 104 Å². The second kappa shape index (κ2) is 5.27. The van der Waals surface area contributed by atoms with Gasteiger partial charge in [-0.15, -0.1) is 0 Å². The van der Waals surface area contributed by atoms with Gasteiger partial charge in [0.25, 0.3) is 0 Å². The first kappa shape index (κ1) is 12.0. The van der Waals surface area contributed by atoms with Crippen LogP contribution in [0.3, 0.4) is 0 Å². The van der Waals surface area contributed by atoms with Crippen LogP contribution in [0.2, 0.25) is 0 Å². The summed E-state index contributed by atoms with van der Waals surface area (Å²) >= 11 is 0. The maximum atomic E-state index is 10.5. The smallest absolute Gasteiger partial charge is 0.332 e. The number of carboxylic acid groups (broad SMARTS) is 1. The number of hydrogen-bond acceptors (Lipinski definition) is 4. The molecule has 1 aromatic carbocycles. The summed E-state index contributed by atoms with van der Waals surface area (Å²) in [6.45, 7) is 0.227. The van der Waals surface area contributed by atoms with Crippen LogP contribution in [-0.2, 0) is 9.53 Å². The summed E-state index contributed by atoms with van der Waals surface area (Å²) in [5.74, 6) is 0.598. The van der Waals surface area contributed by atoms with E-state index in [0.29, 0.717) is 11.5 Å². The molecule has 0 aromatic heterocycles. The highest BCUT2D eigenvalue weighted by Crippen LogP contribution is 2.32. The number of fused-ring (bicyclic) bond motifs is 1. The molecule has 1 aliphatic rings. The molecule has 0 saturated carbocycles. The SMILES string of the molecule is COC(/C=C/c1ccc2c(c1)OCO2)=C/C(=O)O. The van der Waals surface area contributed by atoms with Crippen molar-refractivity contribution in [3.8, 4) is 11.5 Å². The maximum Gasteiger partial charge on any atom is 0.332 e. The minimum absolute atomic E-state index is 0.227.